The molecule has 2 heterocycles. The Bertz CT molecular complexity index is 638. The molecule has 1 aliphatic heterocycles. The molecule has 0 radical (unpaired) electrons. The van der Waals surface area contributed by atoms with Crippen molar-refractivity contribution in [3.63, 3.8) is 0 Å². The Kier molecular flexibility index (Phi) is 5.55. The van der Waals surface area contributed by atoms with Crippen molar-refractivity contribution in [3.8, 4) is 0 Å². The molecule has 1 saturated heterocycles. The molecule has 2 fully saturated rings. The van der Waals surface area contributed by atoms with E-state index in [2.05, 4.69) is 9.82 Å². The number of amides is 1. The number of hydrogen-bond donors (Lipinski definition) is 1. The molecule has 2 aliphatic rings. The van der Waals surface area contributed by atoms with Gasteiger partial charge in [-0.25, -0.2) is 13.1 Å². The fraction of sp³-hybridized carbons (Fsp3) is 0.750. The molecule has 1 saturated carbocycles. The van der Waals surface area contributed by atoms with E-state index in [0.29, 0.717) is 32.5 Å². The van der Waals surface area contributed by atoms with Crippen LogP contribution >= 0.6 is 0 Å². The molecular weight excluding hydrogens is 328 g/mol. The second-order valence-electron chi connectivity index (χ2n) is 6.77. The van der Waals surface area contributed by atoms with Crippen LogP contribution in [-0.4, -0.2) is 53.4 Å². The van der Waals surface area contributed by atoms with E-state index in [9.17, 15) is 13.2 Å². The molecule has 0 aromatic carbocycles. The van der Waals surface area contributed by atoms with Crippen molar-refractivity contribution in [2.24, 2.45) is 0 Å². The minimum Gasteiger partial charge on any atom is -0.341 e. The summed E-state index contributed by atoms with van der Waals surface area (Å²) in [5.74, 6) is 0.00580. The van der Waals surface area contributed by atoms with Gasteiger partial charge in [-0.2, -0.15) is 5.10 Å². The molecule has 1 amide bonds. The predicted molar refractivity (Wildman–Crippen MR) is 90.8 cm³/mol. The van der Waals surface area contributed by atoms with Gasteiger partial charge in [0.05, 0.1) is 5.25 Å². The summed E-state index contributed by atoms with van der Waals surface area (Å²) in [6.07, 6.45) is 9.27. The first-order valence-corrected chi connectivity index (χ1v) is 10.4. The van der Waals surface area contributed by atoms with Gasteiger partial charge in [0.2, 0.25) is 15.9 Å². The first-order valence-electron chi connectivity index (χ1n) is 8.81. The van der Waals surface area contributed by atoms with Gasteiger partial charge in [-0.1, -0.05) is 12.8 Å². The third kappa shape index (κ3) is 4.36. The van der Waals surface area contributed by atoms with Crippen LogP contribution in [0.15, 0.2) is 18.5 Å². The maximum absolute atomic E-state index is 12.6. The average molecular weight is 354 g/mol. The Morgan fingerprint density at radius 2 is 2.00 bits per heavy atom. The number of likely N-dealkylation sites (tertiary alicyclic amines) is 1. The summed E-state index contributed by atoms with van der Waals surface area (Å²) < 4.78 is 29.8. The lowest BCUT2D eigenvalue weighted by molar-refractivity contribution is -0.132. The van der Waals surface area contributed by atoms with Crippen LogP contribution in [0.4, 0.5) is 0 Å². The molecule has 3 rings (SSSR count). The topological polar surface area (TPSA) is 84.3 Å². The van der Waals surface area contributed by atoms with Crippen LogP contribution in [0.25, 0.3) is 0 Å². The van der Waals surface area contributed by atoms with E-state index in [1.165, 1.54) is 0 Å². The Morgan fingerprint density at radius 3 is 2.71 bits per heavy atom. The highest BCUT2D eigenvalue weighted by Crippen LogP contribution is 2.22. The van der Waals surface area contributed by atoms with Crippen molar-refractivity contribution in [2.75, 3.05) is 13.1 Å². The molecule has 0 spiro atoms. The maximum atomic E-state index is 12.6. The molecule has 1 aromatic heterocycles. The number of rotatable bonds is 6. The highest BCUT2D eigenvalue weighted by atomic mass is 32.2. The largest absolute Gasteiger partial charge is 0.341 e. The number of piperidine rings is 1. The number of carbonyl (C=O) groups excluding carboxylic acids is 1. The summed E-state index contributed by atoms with van der Waals surface area (Å²) in [5, 5.41) is 3.60. The lowest BCUT2D eigenvalue weighted by atomic mass is 10.1. The second-order valence-corrected chi connectivity index (χ2v) is 8.76. The zero-order valence-corrected chi connectivity index (χ0v) is 14.7. The fourth-order valence-electron chi connectivity index (χ4n) is 3.59. The molecule has 0 unspecified atom stereocenters. The van der Waals surface area contributed by atoms with Crippen LogP contribution in [0.1, 0.15) is 44.9 Å². The Balaban J connectivity index is 1.53. The van der Waals surface area contributed by atoms with Crippen molar-refractivity contribution in [1.82, 2.24) is 19.4 Å². The van der Waals surface area contributed by atoms with E-state index in [-0.39, 0.29) is 11.9 Å². The minimum absolute atomic E-state index is 0.00580. The summed E-state index contributed by atoms with van der Waals surface area (Å²) in [5.41, 5.74) is 0. The number of hydrogen-bond acceptors (Lipinski definition) is 4. The number of aryl methyl sites for hydroxylation is 1. The molecule has 1 aromatic rings. The van der Waals surface area contributed by atoms with E-state index in [0.717, 1.165) is 32.1 Å². The summed E-state index contributed by atoms with van der Waals surface area (Å²) in [4.78, 5) is 14.1. The van der Waals surface area contributed by atoms with Crippen LogP contribution in [0.3, 0.4) is 0 Å². The predicted octanol–water partition coefficient (Wildman–Crippen LogP) is 1.13. The van der Waals surface area contributed by atoms with Crippen LogP contribution < -0.4 is 4.72 Å². The molecule has 0 bridgehead atoms. The standard InChI is InChI=1S/C16H26N4O3S/c21-16(8-12-20-11-4-9-17-20)19-10-3-7-15(13-19)24(22,23)18-14-5-1-2-6-14/h4,9,11,14-15,18H,1-3,5-8,10,12-13H2/t15-/m1/s1. The lowest BCUT2D eigenvalue weighted by Gasteiger charge is -2.33. The quantitative estimate of drug-likeness (QED) is 0.830. The van der Waals surface area contributed by atoms with Gasteiger partial charge in [0.15, 0.2) is 0 Å². The van der Waals surface area contributed by atoms with Crippen molar-refractivity contribution in [3.05, 3.63) is 18.5 Å². The molecular formula is C16H26N4O3S. The molecule has 8 heteroatoms. The normalized spacial score (nSPS) is 22.8. The number of aromatic nitrogens is 2. The lowest BCUT2D eigenvalue weighted by Crippen LogP contribution is -2.50. The fourth-order valence-corrected chi connectivity index (χ4v) is 5.34. The van der Waals surface area contributed by atoms with Crippen molar-refractivity contribution in [2.45, 2.75) is 62.8 Å². The smallest absolute Gasteiger partial charge is 0.224 e. The van der Waals surface area contributed by atoms with Gasteiger partial charge in [0.1, 0.15) is 0 Å². The molecule has 7 nitrogen and oxygen atoms in total. The first-order chi connectivity index (χ1) is 11.5. The van der Waals surface area contributed by atoms with Crippen LogP contribution in [0.5, 0.6) is 0 Å². The van der Waals surface area contributed by atoms with Gasteiger partial charge in [0.25, 0.3) is 0 Å². The second kappa shape index (κ2) is 7.65. The van der Waals surface area contributed by atoms with Crippen LogP contribution in [-0.2, 0) is 21.4 Å². The monoisotopic (exact) mass is 354 g/mol. The first kappa shape index (κ1) is 17.4. The van der Waals surface area contributed by atoms with E-state index in [1.54, 1.807) is 15.8 Å². The number of carbonyl (C=O) groups is 1. The summed E-state index contributed by atoms with van der Waals surface area (Å²) in [6, 6.07) is 1.91. The van der Waals surface area contributed by atoms with E-state index in [1.807, 2.05) is 12.3 Å². The van der Waals surface area contributed by atoms with Gasteiger partial charge in [-0.05, 0) is 31.7 Å². The number of nitrogens with one attached hydrogen (secondary N) is 1. The Labute approximate surface area is 143 Å². The molecule has 1 atom stereocenters. The zero-order valence-electron chi connectivity index (χ0n) is 13.9. The van der Waals surface area contributed by atoms with Crippen LogP contribution in [0.2, 0.25) is 0 Å². The zero-order chi connectivity index (χ0) is 17.0. The maximum Gasteiger partial charge on any atom is 0.224 e. The number of nitrogens with zero attached hydrogens (tertiary/aromatic N) is 3. The molecule has 1 aliphatic carbocycles. The SMILES string of the molecule is O=C(CCn1cccn1)N1CCC[C@@H](S(=O)(=O)NC2CCCC2)C1. The Morgan fingerprint density at radius 1 is 1.21 bits per heavy atom. The number of sulfonamides is 1. The average Bonchev–Trinajstić information content (AvgIpc) is 3.26. The van der Waals surface area contributed by atoms with Crippen molar-refractivity contribution in [1.29, 1.82) is 0 Å². The summed E-state index contributed by atoms with van der Waals surface area (Å²) in [6.45, 7) is 1.48. The van der Waals surface area contributed by atoms with Gasteiger partial charge in [-0.15, -0.1) is 0 Å². The van der Waals surface area contributed by atoms with E-state index >= 15 is 0 Å². The van der Waals surface area contributed by atoms with E-state index in [4.69, 9.17) is 0 Å². The van der Waals surface area contributed by atoms with Crippen molar-refractivity contribution < 1.29 is 13.2 Å². The third-order valence-electron chi connectivity index (χ3n) is 4.97. The van der Waals surface area contributed by atoms with Gasteiger partial charge >= 0.3 is 0 Å². The van der Waals surface area contributed by atoms with Gasteiger partial charge < -0.3 is 4.90 Å². The third-order valence-corrected chi connectivity index (χ3v) is 6.89. The summed E-state index contributed by atoms with van der Waals surface area (Å²) in [7, 11) is -3.35. The molecule has 1 N–H and O–H groups in total. The molecule has 24 heavy (non-hydrogen) atoms. The van der Waals surface area contributed by atoms with Crippen molar-refractivity contribution >= 4 is 15.9 Å². The highest BCUT2D eigenvalue weighted by molar-refractivity contribution is 7.90. The van der Waals surface area contributed by atoms with E-state index < -0.39 is 15.3 Å². The molecule has 134 valence electrons. The van der Waals surface area contributed by atoms with Gasteiger partial charge in [-0.3, -0.25) is 9.48 Å². The minimum atomic E-state index is -3.35. The van der Waals surface area contributed by atoms with Gasteiger partial charge in [0, 0.05) is 44.5 Å². The highest BCUT2D eigenvalue weighted by Gasteiger charge is 2.34. The Hall–Kier alpha value is -1.41. The summed E-state index contributed by atoms with van der Waals surface area (Å²) >= 11 is 0. The van der Waals surface area contributed by atoms with Crippen LogP contribution in [0, 0.1) is 0 Å².